The lowest BCUT2D eigenvalue weighted by Crippen LogP contribution is -2.60. The average Bonchev–Trinajstić information content (AvgIpc) is 2.56. The van der Waals surface area contributed by atoms with E-state index in [4.69, 9.17) is 23.7 Å². The van der Waals surface area contributed by atoms with Crippen LogP contribution in [0.1, 0.15) is 5.56 Å². The molecule has 0 amide bonds. The molecule has 1 saturated heterocycles. The highest BCUT2D eigenvalue weighted by Crippen LogP contribution is 2.26. The summed E-state index contributed by atoms with van der Waals surface area (Å²) in [6.45, 7) is 0.697. The van der Waals surface area contributed by atoms with Gasteiger partial charge in [-0.25, -0.2) is 0 Å². The molecule has 1 N–H and O–H groups in total. The molecule has 1 aliphatic heterocycles. The standard InChI is InChI=1S/C16H24O6/c1-18-14-13(17)12(22-16(20-3)15(14)19-2)10-21-9-11-7-5-4-6-8-11/h4-8,12-17H,9-10H2,1-3H3/t12-,13+,14+,15-,16-/m1/s1. The van der Waals surface area contributed by atoms with Crippen LogP contribution >= 0.6 is 0 Å². The van der Waals surface area contributed by atoms with Crippen molar-refractivity contribution in [1.82, 2.24) is 0 Å². The van der Waals surface area contributed by atoms with Crippen molar-refractivity contribution in [2.75, 3.05) is 27.9 Å². The van der Waals surface area contributed by atoms with E-state index in [0.29, 0.717) is 6.61 Å². The highest BCUT2D eigenvalue weighted by molar-refractivity contribution is 5.13. The van der Waals surface area contributed by atoms with E-state index in [9.17, 15) is 5.11 Å². The molecule has 0 aromatic heterocycles. The van der Waals surface area contributed by atoms with Crippen molar-refractivity contribution in [2.24, 2.45) is 0 Å². The van der Waals surface area contributed by atoms with Crippen molar-refractivity contribution in [3.05, 3.63) is 35.9 Å². The zero-order valence-electron chi connectivity index (χ0n) is 13.2. The summed E-state index contributed by atoms with van der Waals surface area (Å²) in [5, 5.41) is 10.4. The van der Waals surface area contributed by atoms with Crippen molar-refractivity contribution < 1.29 is 28.8 Å². The Labute approximate surface area is 130 Å². The third-order valence-corrected chi connectivity index (χ3v) is 3.79. The van der Waals surface area contributed by atoms with Gasteiger partial charge in [-0.2, -0.15) is 0 Å². The molecule has 0 aliphatic carbocycles. The quantitative estimate of drug-likeness (QED) is 0.809. The summed E-state index contributed by atoms with van der Waals surface area (Å²) in [6.07, 6.45) is -3.02. The largest absolute Gasteiger partial charge is 0.387 e. The Balaban J connectivity index is 1.92. The van der Waals surface area contributed by atoms with Crippen molar-refractivity contribution in [1.29, 1.82) is 0 Å². The summed E-state index contributed by atoms with van der Waals surface area (Å²) in [6, 6.07) is 9.82. The van der Waals surface area contributed by atoms with Crippen LogP contribution in [0.4, 0.5) is 0 Å². The Morgan fingerprint density at radius 3 is 2.27 bits per heavy atom. The van der Waals surface area contributed by atoms with Crippen molar-refractivity contribution >= 4 is 0 Å². The molecule has 5 atom stereocenters. The van der Waals surface area contributed by atoms with Crippen molar-refractivity contribution in [3.63, 3.8) is 0 Å². The molecule has 0 radical (unpaired) electrons. The summed E-state index contributed by atoms with van der Waals surface area (Å²) in [5.74, 6) is 0. The fourth-order valence-electron chi connectivity index (χ4n) is 2.60. The van der Waals surface area contributed by atoms with E-state index in [0.717, 1.165) is 5.56 Å². The summed E-state index contributed by atoms with van der Waals surface area (Å²) < 4.78 is 27.3. The number of methoxy groups -OCH3 is 3. The molecule has 6 heteroatoms. The number of ether oxygens (including phenoxy) is 5. The van der Waals surface area contributed by atoms with Gasteiger partial charge in [0.1, 0.15) is 24.4 Å². The third-order valence-electron chi connectivity index (χ3n) is 3.79. The Hall–Kier alpha value is -1.02. The van der Waals surface area contributed by atoms with E-state index in [1.165, 1.54) is 21.3 Å². The molecule has 0 spiro atoms. The molecule has 0 unspecified atom stereocenters. The first-order valence-corrected chi connectivity index (χ1v) is 7.24. The Kier molecular flexibility index (Phi) is 6.75. The molecule has 22 heavy (non-hydrogen) atoms. The van der Waals surface area contributed by atoms with E-state index >= 15 is 0 Å². The van der Waals surface area contributed by atoms with Gasteiger partial charge in [-0.1, -0.05) is 30.3 Å². The molecule has 1 aromatic rings. The summed E-state index contributed by atoms with van der Waals surface area (Å²) in [4.78, 5) is 0. The Morgan fingerprint density at radius 2 is 1.68 bits per heavy atom. The maximum atomic E-state index is 10.4. The molecular formula is C16H24O6. The van der Waals surface area contributed by atoms with Crippen molar-refractivity contribution in [3.8, 4) is 0 Å². The summed E-state index contributed by atoms with van der Waals surface area (Å²) in [5.41, 5.74) is 1.06. The van der Waals surface area contributed by atoms with Crippen LogP contribution in [0.3, 0.4) is 0 Å². The number of rotatable bonds is 7. The summed E-state index contributed by atoms with van der Waals surface area (Å²) >= 11 is 0. The van der Waals surface area contributed by atoms with Crippen LogP contribution in [0.2, 0.25) is 0 Å². The van der Waals surface area contributed by atoms with E-state index in [1.807, 2.05) is 30.3 Å². The fraction of sp³-hybridized carbons (Fsp3) is 0.625. The molecular weight excluding hydrogens is 288 g/mol. The normalized spacial score (nSPS) is 32.1. The average molecular weight is 312 g/mol. The second-order valence-electron chi connectivity index (χ2n) is 5.17. The first-order chi connectivity index (χ1) is 10.7. The second-order valence-corrected chi connectivity index (χ2v) is 5.17. The lowest BCUT2D eigenvalue weighted by Gasteiger charge is -2.42. The van der Waals surface area contributed by atoms with Crippen LogP contribution in [0.15, 0.2) is 30.3 Å². The Morgan fingerprint density at radius 1 is 1.00 bits per heavy atom. The topological polar surface area (TPSA) is 66.4 Å². The first kappa shape index (κ1) is 17.3. The minimum Gasteiger partial charge on any atom is -0.387 e. The highest BCUT2D eigenvalue weighted by atomic mass is 16.7. The molecule has 6 nitrogen and oxygen atoms in total. The lowest BCUT2D eigenvalue weighted by molar-refractivity contribution is -0.305. The maximum absolute atomic E-state index is 10.4. The molecule has 1 aliphatic rings. The van der Waals surface area contributed by atoms with Crippen LogP contribution in [0, 0.1) is 0 Å². The molecule has 1 fully saturated rings. The molecule has 0 bridgehead atoms. The van der Waals surface area contributed by atoms with E-state index in [2.05, 4.69) is 0 Å². The van der Waals surface area contributed by atoms with Crippen LogP contribution in [0.25, 0.3) is 0 Å². The predicted octanol–water partition coefficient (Wildman–Crippen LogP) is 0.965. The van der Waals surface area contributed by atoms with Gasteiger partial charge in [0.05, 0.1) is 13.2 Å². The molecule has 1 aromatic carbocycles. The van der Waals surface area contributed by atoms with Gasteiger partial charge in [0.15, 0.2) is 6.29 Å². The van der Waals surface area contributed by atoms with E-state index < -0.39 is 30.7 Å². The minimum atomic E-state index is -0.850. The second kappa shape index (κ2) is 8.57. The third kappa shape index (κ3) is 4.04. The lowest BCUT2D eigenvalue weighted by atomic mass is 9.99. The van der Waals surface area contributed by atoms with Gasteiger partial charge in [-0.05, 0) is 5.56 Å². The molecule has 1 heterocycles. The van der Waals surface area contributed by atoms with E-state index in [1.54, 1.807) is 0 Å². The number of aliphatic hydroxyl groups is 1. The molecule has 124 valence electrons. The first-order valence-electron chi connectivity index (χ1n) is 7.24. The maximum Gasteiger partial charge on any atom is 0.186 e. The minimum absolute atomic E-state index is 0.242. The van der Waals surface area contributed by atoms with Gasteiger partial charge in [0, 0.05) is 21.3 Å². The van der Waals surface area contributed by atoms with Gasteiger partial charge >= 0.3 is 0 Å². The van der Waals surface area contributed by atoms with Crippen LogP contribution in [-0.2, 0) is 30.3 Å². The van der Waals surface area contributed by atoms with Gasteiger partial charge in [-0.3, -0.25) is 0 Å². The van der Waals surface area contributed by atoms with Crippen LogP contribution < -0.4 is 0 Å². The zero-order chi connectivity index (χ0) is 15.9. The molecule has 2 rings (SSSR count). The van der Waals surface area contributed by atoms with Crippen LogP contribution in [-0.4, -0.2) is 63.7 Å². The van der Waals surface area contributed by atoms with Crippen molar-refractivity contribution in [2.45, 2.75) is 37.3 Å². The van der Waals surface area contributed by atoms with Gasteiger partial charge < -0.3 is 28.8 Å². The number of aliphatic hydroxyl groups excluding tert-OH is 1. The summed E-state index contributed by atoms with van der Waals surface area (Å²) in [7, 11) is 4.59. The number of hydrogen-bond acceptors (Lipinski definition) is 6. The van der Waals surface area contributed by atoms with Gasteiger partial charge in [0.2, 0.25) is 0 Å². The smallest absolute Gasteiger partial charge is 0.186 e. The highest BCUT2D eigenvalue weighted by Gasteiger charge is 2.46. The fourth-order valence-corrected chi connectivity index (χ4v) is 2.60. The zero-order valence-corrected chi connectivity index (χ0v) is 13.2. The Bertz CT molecular complexity index is 426. The van der Waals surface area contributed by atoms with E-state index in [-0.39, 0.29) is 6.61 Å². The number of benzene rings is 1. The number of hydrogen-bond donors (Lipinski definition) is 1. The molecule has 0 saturated carbocycles. The van der Waals surface area contributed by atoms with Crippen LogP contribution in [0.5, 0.6) is 0 Å². The SMILES string of the molecule is CO[C@@H]1O[C@H](COCc2ccccc2)[C@H](O)[C@H](OC)[C@H]1OC. The monoisotopic (exact) mass is 312 g/mol. The van der Waals surface area contributed by atoms with Gasteiger partial charge in [0.25, 0.3) is 0 Å². The van der Waals surface area contributed by atoms with Gasteiger partial charge in [-0.15, -0.1) is 0 Å². The predicted molar refractivity (Wildman–Crippen MR) is 79.4 cm³/mol.